The average Bonchev–Trinajstić information content (AvgIpc) is 3.94. The minimum Gasteiger partial charge on any atom is -0.168 e. The predicted molar refractivity (Wildman–Crippen MR) is 264 cm³/mol. The summed E-state index contributed by atoms with van der Waals surface area (Å²) in [6.45, 7) is 26.9. The Morgan fingerprint density at radius 1 is 0.552 bits per heavy atom. The van der Waals surface area contributed by atoms with Crippen LogP contribution >= 0.6 is 0 Å². The molecule has 2 aliphatic carbocycles. The van der Waals surface area contributed by atoms with E-state index in [0.717, 1.165) is 12.8 Å². The number of allylic oxidation sites excluding steroid dienone is 8. The van der Waals surface area contributed by atoms with E-state index in [4.69, 9.17) is 0 Å². The third-order valence-electron chi connectivity index (χ3n) is 6.92. The molecule has 322 valence electrons. The van der Waals surface area contributed by atoms with Gasteiger partial charge in [0.05, 0.1) is 0 Å². The number of hydrogen-bond donors (Lipinski definition) is 0. The van der Waals surface area contributed by atoms with Crippen LogP contribution in [0.25, 0.3) is 42.8 Å². The molecule has 0 bridgehead atoms. The van der Waals surface area contributed by atoms with E-state index in [-0.39, 0.29) is 10.9 Å². The summed E-state index contributed by atoms with van der Waals surface area (Å²) in [7, 11) is 14.0. The minimum absolute atomic E-state index is 0.210. The fourth-order valence-electron chi connectivity index (χ4n) is 4.30. The van der Waals surface area contributed by atoms with Crippen LogP contribution in [0.1, 0.15) is 68.2 Å². The van der Waals surface area contributed by atoms with E-state index >= 15 is 0 Å². The summed E-state index contributed by atoms with van der Waals surface area (Å²) >= 11 is 3.48. The normalized spacial score (nSPS) is 11.8. The van der Waals surface area contributed by atoms with Gasteiger partial charge in [0, 0.05) is 0 Å². The molecule has 0 atom stereocenters. The van der Waals surface area contributed by atoms with Crippen molar-refractivity contribution in [2.45, 2.75) is 94.4 Å². The van der Waals surface area contributed by atoms with Gasteiger partial charge in [-0.05, 0) is 10.8 Å². The van der Waals surface area contributed by atoms with Crippen LogP contribution in [-0.2, 0) is 46.7 Å². The van der Waals surface area contributed by atoms with Crippen LogP contribution in [0.4, 0.5) is 0 Å². The molecule has 4 nitrogen and oxygen atoms in total. The standard InChI is InChI=1S/2C10H15.2C9H7.4C2H6N.2C2H6Si.2Zr/c2*1-8-5-6-9(7-8)10(2,3)4;2*1-2-5-9-7-3-6-8(9)4-1;6*1-3-2;;/h2*7H,6H2,1-4H3;2*1-7H;6*1-2H3;;/q8*-1;;;;+2. The summed E-state index contributed by atoms with van der Waals surface area (Å²) in [5.41, 5.74) is 6.70. The topological polar surface area (TPSA) is 56.4 Å². The molecular weight excluding hydrogens is 895 g/mol. The van der Waals surface area contributed by atoms with E-state index in [2.05, 4.69) is 212 Å². The van der Waals surface area contributed by atoms with E-state index in [0.29, 0.717) is 10.8 Å². The zero-order valence-electron chi connectivity index (χ0n) is 40.4. The third kappa shape index (κ3) is 40.1. The second-order valence-corrected chi connectivity index (χ2v) is 34.8. The van der Waals surface area contributed by atoms with Crippen molar-refractivity contribution in [1.29, 1.82) is 0 Å². The van der Waals surface area contributed by atoms with Crippen LogP contribution in [0.2, 0.25) is 26.2 Å². The molecule has 0 radical (unpaired) electrons. The van der Waals surface area contributed by atoms with Crippen molar-refractivity contribution >= 4 is 32.4 Å². The van der Waals surface area contributed by atoms with Gasteiger partial charge in [0.1, 0.15) is 0 Å². The largest absolute Gasteiger partial charge is 0.168 e. The predicted octanol–water partition coefficient (Wildman–Crippen LogP) is 15.4. The van der Waals surface area contributed by atoms with Crippen LogP contribution in [-0.4, -0.2) is 67.2 Å². The van der Waals surface area contributed by atoms with Crippen LogP contribution < -0.4 is 0 Å². The van der Waals surface area contributed by atoms with Crippen molar-refractivity contribution in [2.24, 2.45) is 10.8 Å². The Balaban J connectivity index is -0.000000292. The van der Waals surface area contributed by atoms with Crippen LogP contribution in [0.5, 0.6) is 0 Å². The Kier molecular flexibility index (Phi) is 43.4. The molecule has 6 rings (SSSR count). The Morgan fingerprint density at radius 3 is 0.966 bits per heavy atom. The van der Waals surface area contributed by atoms with Crippen LogP contribution in [0.15, 0.2) is 119 Å². The van der Waals surface area contributed by atoms with E-state index in [1.54, 1.807) is 103 Å². The summed E-state index contributed by atoms with van der Waals surface area (Å²) in [5, 5.41) is 19.3. The molecule has 4 aromatic carbocycles. The van der Waals surface area contributed by atoms with Gasteiger partial charge in [0.25, 0.3) is 0 Å². The SMILES string of the molecule is CC1=[C-]CC(C(C)(C)C)=C1.CC1=[C-]CC(C(C)(C)C)=C1.C[N-]C.C[N-]C.C[N-]C.C[N-]C.C[Si](C)=[Zr+2].C[Si](C)=[Zr].c1ccc2[cH-]ccc2c1.c1ccc2[cH-]ccc2c1. The number of nitrogens with zero attached hydrogens (tertiary/aromatic N) is 4. The molecule has 0 unspecified atom stereocenters. The molecule has 0 spiro atoms. The van der Waals surface area contributed by atoms with Crippen molar-refractivity contribution in [3.05, 3.63) is 153 Å². The first-order chi connectivity index (χ1) is 27.1. The van der Waals surface area contributed by atoms with Crippen molar-refractivity contribution in [3.8, 4) is 0 Å². The van der Waals surface area contributed by atoms with E-state index in [9.17, 15) is 0 Å². The molecule has 2 aliphatic rings. The Labute approximate surface area is 390 Å². The van der Waals surface area contributed by atoms with Gasteiger partial charge in [-0.2, -0.15) is 103 Å². The number of fused-ring (bicyclic) bond motifs is 2. The van der Waals surface area contributed by atoms with Gasteiger partial charge in [-0.15, -0.1) is 72.1 Å². The summed E-state index contributed by atoms with van der Waals surface area (Å²) < 4.78 is 0. The number of rotatable bonds is 0. The number of hydrogen-bond acceptors (Lipinski definition) is 0. The van der Waals surface area contributed by atoms with E-state index in [1.165, 1.54) is 43.8 Å². The monoisotopic (exact) mass is 972 g/mol. The first kappa shape index (κ1) is 63.3. The van der Waals surface area contributed by atoms with E-state index in [1.807, 2.05) is 0 Å². The zero-order chi connectivity index (χ0) is 45.7. The van der Waals surface area contributed by atoms with Gasteiger partial charge in [0.2, 0.25) is 0 Å². The quantitative estimate of drug-likeness (QED) is 0.125. The second-order valence-electron chi connectivity index (χ2n) is 16.0. The van der Waals surface area contributed by atoms with Gasteiger partial charge < -0.3 is 21.3 Å². The van der Waals surface area contributed by atoms with Crippen molar-refractivity contribution in [1.82, 2.24) is 0 Å². The molecule has 0 aliphatic heterocycles. The maximum absolute atomic E-state index is 3.50. The number of benzene rings is 2. The van der Waals surface area contributed by atoms with Gasteiger partial charge in [-0.25, -0.2) is 23.3 Å². The average molecular weight is 976 g/mol. The van der Waals surface area contributed by atoms with E-state index < -0.39 is 0 Å². The molecule has 4 aromatic rings. The maximum Gasteiger partial charge on any atom is -0.0809 e. The van der Waals surface area contributed by atoms with Gasteiger partial charge in [0.15, 0.2) is 0 Å². The molecule has 0 aromatic heterocycles. The fraction of sp³-hybridized carbons (Fsp3) is 0.480. The molecule has 0 heterocycles. The molecule has 0 saturated carbocycles. The van der Waals surface area contributed by atoms with Crippen molar-refractivity contribution in [2.75, 3.05) is 56.4 Å². The van der Waals surface area contributed by atoms with Crippen molar-refractivity contribution in [3.63, 3.8) is 0 Å². The molecule has 0 fully saturated rings. The Hall–Kier alpha value is -1.34. The van der Waals surface area contributed by atoms with Gasteiger partial charge in [-0.1, -0.05) is 67.5 Å². The summed E-state index contributed by atoms with van der Waals surface area (Å²) in [6, 6.07) is 29.3. The molecular formula is C50H80N4Si2Zr2-6. The van der Waals surface area contributed by atoms with Gasteiger partial charge >= 0.3 is 83.7 Å². The molecule has 0 saturated heterocycles. The maximum atomic E-state index is 3.50. The first-order valence-electron chi connectivity index (χ1n) is 19.8. The van der Waals surface area contributed by atoms with Crippen molar-refractivity contribution < 1.29 is 46.7 Å². The first-order valence-corrected chi connectivity index (χ1v) is 32.2. The minimum atomic E-state index is 0.210. The summed E-state index contributed by atoms with van der Waals surface area (Å²) in [6.07, 6.45) is 13.2. The Bertz CT molecular complexity index is 1530. The fourth-order valence-corrected chi connectivity index (χ4v) is 4.30. The van der Waals surface area contributed by atoms with Gasteiger partial charge in [-0.3, -0.25) is 12.2 Å². The molecule has 58 heavy (non-hydrogen) atoms. The second kappa shape index (κ2) is 39.8. The van der Waals surface area contributed by atoms with Crippen LogP contribution in [0.3, 0.4) is 0 Å². The Morgan fingerprint density at radius 2 is 0.793 bits per heavy atom. The van der Waals surface area contributed by atoms with Crippen LogP contribution in [0, 0.1) is 23.0 Å². The smallest absolute Gasteiger partial charge is 0.0809 e. The third-order valence-corrected chi connectivity index (χ3v) is 6.92. The molecule has 8 heteroatoms. The summed E-state index contributed by atoms with van der Waals surface area (Å²) in [5.74, 6) is 0. The molecule has 0 amide bonds. The summed E-state index contributed by atoms with van der Waals surface area (Å²) in [4.78, 5) is 0. The zero-order valence-corrected chi connectivity index (χ0v) is 47.4. The molecule has 0 N–H and O–H groups in total.